The summed E-state index contributed by atoms with van der Waals surface area (Å²) in [5, 5.41) is 15.3. The second-order valence-electron chi connectivity index (χ2n) is 3.84. The minimum Gasteiger partial charge on any atom is -0.476 e. The first-order valence-corrected chi connectivity index (χ1v) is 5.50. The van der Waals surface area contributed by atoms with Crippen molar-refractivity contribution >= 4 is 5.97 Å². The third kappa shape index (κ3) is 2.92. The van der Waals surface area contributed by atoms with Crippen LogP contribution in [-0.4, -0.2) is 21.2 Å². The Morgan fingerprint density at radius 1 is 1.56 bits per heavy atom. The van der Waals surface area contributed by atoms with Crippen LogP contribution in [0.15, 0.2) is 35.0 Å². The summed E-state index contributed by atoms with van der Waals surface area (Å²) in [6, 6.07) is 7.13. The van der Waals surface area contributed by atoms with E-state index in [0.717, 1.165) is 5.69 Å². The Balaban J connectivity index is 1.93. The second-order valence-corrected chi connectivity index (χ2v) is 3.84. The lowest BCUT2D eigenvalue weighted by Gasteiger charge is -2.11. The van der Waals surface area contributed by atoms with Crippen molar-refractivity contribution in [1.29, 1.82) is 0 Å². The quantitative estimate of drug-likeness (QED) is 0.834. The normalized spacial score (nSPS) is 12.3. The van der Waals surface area contributed by atoms with E-state index in [4.69, 9.17) is 9.63 Å². The summed E-state index contributed by atoms with van der Waals surface area (Å²) in [5.41, 5.74) is 0.827. The highest BCUT2D eigenvalue weighted by Crippen LogP contribution is 2.10. The van der Waals surface area contributed by atoms with Gasteiger partial charge in [0.2, 0.25) is 0 Å². The lowest BCUT2D eigenvalue weighted by Crippen LogP contribution is -2.18. The van der Waals surface area contributed by atoms with Gasteiger partial charge in [0.1, 0.15) is 0 Å². The molecule has 0 aromatic carbocycles. The molecule has 6 nitrogen and oxygen atoms in total. The van der Waals surface area contributed by atoms with Gasteiger partial charge in [-0.05, 0) is 19.1 Å². The van der Waals surface area contributed by atoms with Crippen LogP contribution in [-0.2, 0) is 6.54 Å². The molecule has 0 amide bonds. The van der Waals surface area contributed by atoms with Crippen LogP contribution in [0.4, 0.5) is 0 Å². The summed E-state index contributed by atoms with van der Waals surface area (Å²) >= 11 is 0. The number of pyridine rings is 1. The van der Waals surface area contributed by atoms with Gasteiger partial charge in [0.15, 0.2) is 11.5 Å². The van der Waals surface area contributed by atoms with Gasteiger partial charge in [0, 0.05) is 18.3 Å². The van der Waals surface area contributed by atoms with Gasteiger partial charge in [0.05, 0.1) is 12.2 Å². The minimum absolute atomic E-state index is 0.0459. The van der Waals surface area contributed by atoms with Crippen molar-refractivity contribution in [2.24, 2.45) is 0 Å². The Hall–Kier alpha value is -2.21. The fourth-order valence-corrected chi connectivity index (χ4v) is 1.49. The van der Waals surface area contributed by atoms with E-state index in [1.807, 2.05) is 25.1 Å². The molecule has 0 spiro atoms. The van der Waals surface area contributed by atoms with Crippen molar-refractivity contribution in [2.75, 3.05) is 0 Å². The van der Waals surface area contributed by atoms with Crippen LogP contribution in [0.1, 0.15) is 34.9 Å². The third-order valence-corrected chi connectivity index (χ3v) is 2.49. The molecule has 0 fully saturated rings. The molecule has 0 aliphatic rings. The van der Waals surface area contributed by atoms with Gasteiger partial charge >= 0.3 is 5.97 Å². The molecule has 2 aromatic rings. The highest BCUT2D eigenvalue weighted by atomic mass is 16.5. The second kappa shape index (κ2) is 5.42. The van der Waals surface area contributed by atoms with Gasteiger partial charge in [0.25, 0.3) is 0 Å². The molecule has 0 aliphatic carbocycles. The van der Waals surface area contributed by atoms with E-state index < -0.39 is 5.97 Å². The van der Waals surface area contributed by atoms with Gasteiger partial charge in [-0.15, -0.1) is 0 Å². The fourth-order valence-electron chi connectivity index (χ4n) is 1.49. The number of carboxylic acid groups (broad SMARTS) is 1. The number of nitrogens with zero attached hydrogens (tertiary/aromatic N) is 2. The van der Waals surface area contributed by atoms with Crippen LogP contribution in [0.5, 0.6) is 0 Å². The van der Waals surface area contributed by atoms with Crippen molar-refractivity contribution in [3.63, 3.8) is 0 Å². The van der Waals surface area contributed by atoms with Crippen molar-refractivity contribution in [1.82, 2.24) is 15.5 Å². The van der Waals surface area contributed by atoms with Gasteiger partial charge < -0.3 is 14.9 Å². The van der Waals surface area contributed by atoms with E-state index in [9.17, 15) is 4.79 Å². The molecule has 1 atom stereocenters. The Morgan fingerprint density at radius 2 is 2.39 bits per heavy atom. The zero-order valence-electron chi connectivity index (χ0n) is 9.83. The van der Waals surface area contributed by atoms with Crippen LogP contribution in [0.25, 0.3) is 0 Å². The molecule has 6 heteroatoms. The van der Waals surface area contributed by atoms with Crippen molar-refractivity contribution in [3.05, 3.63) is 47.6 Å². The van der Waals surface area contributed by atoms with Gasteiger partial charge in [-0.25, -0.2) is 4.79 Å². The number of aromatic carboxylic acids is 1. The van der Waals surface area contributed by atoms with E-state index in [2.05, 4.69) is 15.5 Å². The SMILES string of the molecule is CC(NCc1cc(C(=O)O)no1)c1ccccn1. The Labute approximate surface area is 104 Å². The maximum atomic E-state index is 10.6. The van der Waals surface area contributed by atoms with Crippen molar-refractivity contribution in [2.45, 2.75) is 19.5 Å². The van der Waals surface area contributed by atoms with E-state index in [1.54, 1.807) is 6.20 Å². The monoisotopic (exact) mass is 247 g/mol. The first kappa shape index (κ1) is 12.3. The highest BCUT2D eigenvalue weighted by Gasteiger charge is 2.12. The van der Waals surface area contributed by atoms with E-state index >= 15 is 0 Å². The molecule has 2 aromatic heterocycles. The van der Waals surface area contributed by atoms with Crippen LogP contribution in [0.2, 0.25) is 0 Å². The predicted molar refractivity (Wildman–Crippen MR) is 63.0 cm³/mol. The molecule has 0 aliphatic heterocycles. The summed E-state index contributed by atoms with van der Waals surface area (Å²) in [7, 11) is 0. The summed E-state index contributed by atoms with van der Waals surface area (Å²) in [4.78, 5) is 14.8. The lowest BCUT2D eigenvalue weighted by molar-refractivity contribution is 0.0685. The average Bonchev–Trinajstić information content (AvgIpc) is 2.86. The Kier molecular flexibility index (Phi) is 3.69. The van der Waals surface area contributed by atoms with Crippen molar-refractivity contribution in [3.8, 4) is 0 Å². The number of rotatable bonds is 5. The number of aromatic nitrogens is 2. The Bertz CT molecular complexity index is 524. The molecule has 2 heterocycles. The van der Waals surface area contributed by atoms with Crippen LogP contribution < -0.4 is 5.32 Å². The smallest absolute Gasteiger partial charge is 0.358 e. The first-order chi connectivity index (χ1) is 8.66. The van der Waals surface area contributed by atoms with E-state index in [-0.39, 0.29) is 11.7 Å². The molecule has 18 heavy (non-hydrogen) atoms. The lowest BCUT2D eigenvalue weighted by atomic mass is 10.2. The summed E-state index contributed by atoms with van der Waals surface area (Å²) in [6.07, 6.45) is 1.73. The maximum absolute atomic E-state index is 10.6. The molecule has 0 radical (unpaired) electrons. The molecular formula is C12H13N3O3. The number of carboxylic acids is 1. The standard InChI is InChI=1S/C12H13N3O3/c1-8(10-4-2-3-5-13-10)14-7-9-6-11(12(16)17)15-18-9/h2-6,8,14H,7H2,1H3,(H,16,17). The molecule has 0 bridgehead atoms. The van der Waals surface area contributed by atoms with E-state index in [1.165, 1.54) is 6.07 Å². The number of hydrogen-bond donors (Lipinski definition) is 2. The molecule has 2 N–H and O–H groups in total. The topological polar surface area (TPSA) is 88.2 Å². The summed E-state index contributed by atoms with van der Waals surface area (Å²) in [5.74, 6) is -0.613. The summed E-state index contributed by atoms with van der Waals surface area (Å²) in [6.45, 7) is 2.37. The van der Waals surface area contributed by atoms with Gasteiger partial charge in [-0.3, -0.25) is 4.98 Å². The van der Waals surface area contributed by atoms with Crippen molar-refractivity contribution < 1.29 is 14.4 Å². The van der Waals surface area contributed by atoms with Crippen LogP contribution in [0, 0.1) is 0 Å². The molecule has 1 unspecified atom stereocenters. The minimum atomic E-state index is -1.09. The third-order valence-electron chi connectivity index (χ3n) is 2.49. The average molecular weight is 247 g/mol. The highest BCUT2D eigenvalue weighted by molar-refractivity contribution is 5.85. The van der Waals surface area contributed by atoms with E-state index in [0.29, 0.717) is 12.3 Å². The molecular weight excluding hydrogens is 234 g/mol. The first-order valence-electron chi connectivity index (χ1n) is 5.50. The largest absolute Gasteiger partial charge is 0.476 e. The Morgan fingerprint density at radius 3 is 3.00 bits per heavy atom. The van der Waals surface area contributed by atoms with Gasteiger partial charge in [-0.2, -0.15) is 0 Å². The zero-order valence-corrected chi connectivity index (χ0v) is 9.83. The number of nitrogens with one attached hydrogen (secondary N) is 1. The molecule has 0 saturated carbocycles. The molecule has 94 valence electrons. The molecule has 2 rings (SSSR count). The molecule has 0 saturated heterocycles. The number of hydrogen-bond acceptors (Lipinski definition) is 5. The predicted octanol–water partition coefficient (Wildman–Crippen LogP) is 1.62. The van der Waals surface area contributed by atoms with Gasteiger partial charge in [-0.1, -0.05) is 11.2 Å². The fraction of sp³-hybridized carbons (Fsp3) is 0.250. The maximum Gasteiger partial charge on any atom is 0.358 e. The van der Waals surface area contributed by atoms with Crippen LogP contribution in [0.3, 0.4) is 0 Å². The number of carbonyl (C=O) groups is 1. The summed E-state index contributed by atoms with van der Waals surface area (Å²) < 4.78 is 4.90. The van der Waals surface area contributed by atoms with Crippen LogP contribution >= 0.6 is 0 Å². The zero-order chi connectivity index (χ0) is 13.0.